The number of aliphatic hydroxyl groups is 1. The first-order chi connectivity index (χ1) is 9.19. The van der Waals surface area contributed by atoms with Crippen LogP contribution in [-0.2, 0) is 6.18 Å². The highest BCUT2D eigenvalue weighted by Crippen LogP contribution is 2.36. The van der Waals surface area contributed by atoms with Gasteiger partial charge in [-0.2, -0.15) is 13.2 Å². The lowest BCUT2D eigenvalue weighted by molar-refractivity contribution is -0.137. The van der Waals surface area contributed by atoms with Gasteiger partial charge < -0.3 is 10.0 Å². The van der Waals surface area contributed by atoms with Crippen LogP contribution in [0.1, 0.15) is 31.7 Å². The summed E-state index contributed by atoms with van der Waals surface area (Å²) >= 11 is 3.22. The lowest BCUT2D eigenvalue weighted by Crippen LogP contribution is -2.28. The van der Waals surface area contributed by atoms with Gasteiger partial charge in [-0.25, -0.2) is 0 Å². The third-order valence-corrected chi connectivity index (χ3v) is 4.31. The van der Waals surface area contributed by atoms with Crippen molar-refractivity contribution in [2.75, 3.05) is 18.0 Å². The third-order valence-electron chi connectivity index (χ3n) is 3.68. The van der Waals surface area contributed by atoms with Crippen LogP contribution in [0.15, 0.2) is 22.7 Å². The largest absolute Gasteiger partial charge is 0.416 e. The molecule has 0 spiro atoms. The first-order valence-corrected chi connectivity index (χ1v) is 7.32. The molecule has 1 saturated heterocycles. The van der Waals surface area contributed by atoms with E-state index in [4.69, 9.17) is 0 Å². The van der Waals surface area contributed by atoms with Crippen molar-refractivity contribution in [2.24, 2.45) is 0 Å². The van der Waals surface area contributed by atoms with Crippen LogP contribution >= 0.6 is 15.9 Å². The lowest BCUT2D eigenvalue weighted by atomic mass is 9.98. The van der Waals surface area contributed by atoms with Crippen LogP contribution in [0.5, 0.6) is 0 Å². The molecule has 2 rings (SSSR count). The molecule has 0 saturated carbocycles. The molecule has 1 N–H and O–H groups in total. The van der Waals surface area contributed by atoms with E-state index in [1.54, 1.807) is 6.92 Å². The van der Waals surface area contributed by atoms with E-state index in [1.807, 2.05) is 4.90 Å². The predicted octanol–water partition coefficient (Wildman–Crippen LogP) is 4.21. The maximum atomic E-state index is 12.6. The van der Waals surface area contributed by atoms with Crippen LogP contribution < -0.4 is 4.90 Å². The summed E-state index contributed by atoms with van der Waals surface area (Å²) in [7, 11) is 0. The molecule has 1 atom stereocenters. The van der Waals surface area contributed by atoms with Gasteiger partial charge in [0.2, 0.25) is 0 Å². The zero-order chi connectivity index (χ0) is 15.0. The van der Waals surface area contributed by atoms with Gasteiger partial charge in [-0.3, -0.25) is 0 Å². The van der Waals surface area contributed by atoms with Gasteiger partial charge in [-0.1, -0.05) is 0 Å². The molecule has 1 aliphatic heterocycles. The summed E-state index contributed by atoms with van der Waals surface area (Å²) in [5, 5.41) is 10.1. The molecule has 0 bridgehead atoms. The van der Waals surface area contributed by atoms with Crippen LogP contribution in [0.2, 0.25) is 0 Å². The highest BCUT2D eigenvalue weighted by molar-refractivity contribution is 9.10. The van der Waals surface area contributed by atoms with Crippen molar-refractivity contribution >= 4 is 21.6 Å². The predicted molar refractivity (Wildman–Crippen MR) is 75.8 cm³/mol. The molecule has 0 aromatic heterocycles. The average Bonchev–Trinajstić information content (AvgIpc) is 2.49. The lowest BCUT2D eigenvalue weighted by Gasteiger charge is -2.25. The van der Waals surface area contributed by atoms with Crippen LogP contribution in [0.25, 0.3) is 0 Å². The molecule has 6 heteroatoms. The van der Waals surface area contributed by atoms with Crippen molar-refractivity contribution in [2.45, 2.75) is 38.0 Å². The molecular weight excluding hydrogens is 335 g/mol. The standard InChI is InChI=1S/C14H17BrF3NO/c1-13(20)5-2-7-19(8-6-13)12-4-3-10(9-11(12)15)14(16,17)18/h3-4,9,20H,2,5-8H2,1H3. The van der Waals surface area contributed by atoms with Gasteiger partial charge >= 0.3 is 6.18 Å². The fraction of sp³-hybridized carbons (Fsp3) is 0.571. The number of rotatable bonds is 1. The smallest absolute Gasteiger partial charge is 0.390 e. The highest BCUT2D eigenvalue weighted by atomic mass is 79.9. The Morgan fingerprint density at radius 1 is 1.25 bits per heavy atom. The Morgan fingerprint density at radius 3 is 2.55 bits per heavy atom. The summed E-state index contributed by atoms with van der Waals surface area (Å²) in [6.45, 7) is 3.18. The fourth-order valence-corrected chi connectivity index (χ4v) is 3.07. The molecule has 20 heavy (non-hydrogen) atoms. The van der Waals surface area contributed by atoms with Crippen molar-refractivity contribution in [1.29, 1.82) is 0 Å². The third kappa shape index (κ3) is 3.67. The molecule has 1 aliphatic rings. The van der Waals surface area contributed by atoms with Gasteiger partial charge in [0.05, 0.1) is 16.9 Å². The van der Waals surface area contributed by atoms with Crippen molar-refractivity contribution in [1.82, 2.24) is 0 Å². The Hall–Kier alpha value is -0.750. The van der Waals surface area contributed by atoms with Crippen molar-refractivity contribution in [3.63, 3.8) is 0 Å². The maximum Gasteiger partial charge on any atom is 0.416 e. The van der Waals surface area contributed by atoms with E-state index in [0.717, 1.165) is 30.8 Å². The van der Waals surface area contributed by atoms with E-state index in [9.17, 15) is 18.3 Å². The molecule has 0 amide bonds. The van der Waals surface area contributed by atoms with Crippen molar-refractivity contribution in [3.8, 4) is 0 Å². The minimum absolute atomic E-state index is 0.439. The van der Waals surface area contributed by atoms with Crippen LogP contribution in [0, 0.1) is 0 Å². The normalized spacial score (nSPS) is 24.6. The minimum Gasteiger partial charge on any atom is -0.390 e. The summed E-state index contributed by atoms with van der Waals surface area (Å²) in [5.41, 5.74) is -0.599. The molecule has 0 aliphatic carbocycles. The Kier molecular flexibility index (Phi) is 4.35. The maximum absolute atomic E-state index is 12.6. The molecule has 2 nitrogen and oxygen atoms in total. The van der Waals surface area contributed by atoms with Gasteiger partial charge in [-0.15, -0.1) is 0 Å². The van der Waals surface area contributed by atoms with Gasteiger partial charge in [0, 0.05) is 17.6 Å². The molecule has 1 unspecified atom stereocenters. The van der Waals surface area contributed by atoms with Crippen LogP contribution in [-0.4, -0.2) is 23.8 Å². The number of hydrogen-bond donors (Lipinski definition) is 1. The number of alkyl halides is 3. The summed E-state index contributed by atoms with van der Waals surface area (Å²) in [6, 6.07) is 3.70. The fourth-order valence-electron chi connectivity index (χ4n) is 2.44. The quantitative estimate of drug-likeness (QED) is 0.819. The second-order valence-electron chi connectivity index (χ2n) is 5.50. The summed E-state index contributed by atoms with van der Waals surface area (Å²) in [5.74, 6) is 0. The summed E-state index contributed by atoms with van der Waals surface area (Å²) in [4.78, 5) is 2.02. The molecule has 112 valence electrons. The first kappa shape index (κ1) is 15.6. The Morgan fingerprint density at radius 2 is 1.95 bits per heavy atom. The van der Waals surface area contributed by atoms with Gasteiger partial charge in [-0.05, 0) is 60.3 Å². The Bertz CT molecular complexity index is 488. The monoisotopic (exact) mass is 351 g/mol. The van der Waals surface area contributed by atoms with Crippen LogP contribution in [0.3, 0.4) is 0 Å². The molecular formula is C14H17BrF3NO. The van der Waals surface area contributed by atoms with Crippen molar-refractivity contribution < 1.29 is 18.3 Å². The topological polar surface area (TPSA) is 23.5 Å². The average molecular weight is 352 g/mol. The number of anilines is 1. The molecule has 1 aromatic rings. The van der Waals surface area contributed by atoms with Crippen molar-refractivity contribution in [3.05, 3.63) is 28.2 Å². The van der Waals surface area contributed by atoms with E-state index in [-0.39, 0.29) is 0 Å². The Balaban J connectivity index is 2.21. The number of halogens is 4. The number of hydrogen-bond acceptors (Lipinski definition) is 2. The minimum atomic E-state index is -4.33. The molecule has 1 aromatic carbocycles. The zero-order valence-electron chi connectivity index (χ0n) is 11.2. The zero-order valence-corrected chi connectivity index (χ0v) is 12.8. The van der Waals surface area contributed by atoms with Gasteiger partial charge in [0.1, 0.15) is 0 Å². The second-order valence-corrected chi connectivity index (χ2v) is 6.36. The summed E-state index contributed by atoms with van der Waals surface area (Å²) in [6.07, 6.45) is -2.19. The van der Waals surface area contributed by atoms with Crippen LogP contribution in [0.4, 0.5) is 18.9 Å². The highest BCUT2D eigenvalue weighted by Gasteiger charge is 2.31. The van der Waals surface area contributed by atoms with E-state index < -0.39 is 17.3 Å². The van der Waals surface area contributed by atoms with E-state index >= 15 is 0 Å². The van der Waals surface area contributed by atoms with E-state index in [0.29, 0.717) is 23.9 Å². The molecule has 0 radical (unpaired) electrons. The van der Waals surface area contributed by atoms with Gasteiger partial charge in [0.25, 0.3) is 0 Å². The van der Waals surface area contributed by atoms with Gasteiger partial charge in [0.15, 0.2) is 0 Å². The molecule has 1 heterocycles. The van der Waals surface area contributed by atoms with E-state index in [1.165, 1.54) is 6.07 Å². The number of nitrogens with zero attached hydrogens (tertiary/aromatic N) is 1. The number of benzene rings is 1. The second kappa shape index (κ2) is 5.56. The first-order valence-electron chi connectivity index (χ1n) is 6.53. The Labute approximate surface area is 124 Å². The molecule has 1 fully saturated rings. The summed E-state index contributed by atoms with van der Waals surface area (Å²) < 4.78 is 38.4. The van der Waals surface area contributed by atoms with E-state index in [2.05, 4.69) is 15.9 Å². The SMILES string of the molecule is CC1(O)CCCN(c2ccc(C(F)(F)F)cc2Br)CC1.